The Labute approximate surface area is 107 Å². The van der Waals surface area contributed by atoms with E-state index in [0.717, 1.165) is 30.6 Å². The number of aliphatic hydroxyl groups excluding tert-OH is 1. The van der Waals surface area contributed by atoms with Crippen LogP contribution >= 0.6 is 0 Å². The fourth-order valence-corrected chi connectivity index (χ4v) is 1.60. The number of carboxylic acids is 1. The van der Waals surface area contributed by atoms with Gasteiger partial charge in [-0.1, -0.05) is 12.1 Å². The summed E-state index contributed by atoms with van der Waals surface area (Å²) in [5.74, 6) is 0.0637. The van der Waals surface area contributed by atoms with Crippen LogP contribution in [0.4, 0.5) is 0 Å². The Bertz CT molecular complexity index is 345. The summed E-state index contributed by atoms with van der Waals surface area (Å²) in [5.41, 5.74) is 1.12. The van der Waals surface area contributed by atoms with Gasteiger partial charge in [0.05, 0.1) is 6.61 Å². The largest absolute Gasteiger partial charge is 0.494 e. The number of aryl methyl sites for hydroxylation is 1. The van der Waals surface area contributed by atoms with E-state index in [1.165, 1.54) is 0 Å². The third-order valence-electron chi connectivity index (χ3n) is 2.60. The van der Waals surface area contributed by atoms with E-state index < -0.39 is 5.97 Å². The smallest absolute Gasteiger partial charge is 0.303 e. The lowest BCUT2D eigenvalue weighted by Gasteiger charge is -2.06. The molecule has 0 bridgehead atoms. The monoisotopic (exact) mass is 252 g/mol. The molecule has 0 saturated carbocycles. The predicted octanol–water partition coefficient (Wildman–Crippen LogP) is 2.25. The molecular formula is C14H20O4. The Morgan fingerprint density at radius 3 is 2.44 bits per heavy atom. The molecule has 0 aromatic heterocycles. The van der Waals surface area contributed by atoms with Gasteiger partial charge in [-0.2, -0.15) is 0 Å². The second-order valence-corrected chi connectivity index (χ2v) is 4.17. The Morgan fingerprint density at radius 1 is 1.11 bits per heavy atom. The van der Waals surface area contributed by atoms with Gasteiger partial charge in [0.1, 0.15) is 5.75 Å². The van der Waals surface area contributed by atoms with Crippen LogP contribution in [0.2, 0.25) is 0 Å². The van der Waals surface area contributed by atoms with Crippen molar-refractivity contribution in [3.63, 3.8) is 0 Å². The van der Waals surface area contributed by atoms with Crippen molar-refractivity contribution in [2.75, 3.05) is 13.2 Å². The fourth-order valence-electron chi connectivity index (χ4n) is 1.60. The summed E-state index contributed by atoms with van der Waals surface area (Å²) in [5, 5.41) is 17.2. The Balaban J connectivity index is 2.26. The molecule has 2 N–H and O–H groups in total. The minimum Gasteiger partial charge on any atom is -0.494 e. The Morgan fingerprint density at radius 2 is 1.83 bits per heavy atom. The maximum absolute atomic E-state index is 10.4. The van der Waals surface area contributed by atoms with Gasteiger partial charge in [0, 0.05) is 13.0 Å². The average molecular weight is 252 g/mol. The number of hydrogen-bond acceptors (Lipinski definition) is 3. The lowest BCUT2D eigenvalue weighted by atomic mass is 10.1. The number of aliphatic carboxylic acids is 1. The highest BCUT2D eigenvalue weighted by Gasteiger charge is 1.99. The highest BCUT2D eigenvalue weighted by atomic mass is 16.5. The van der Waals surface area contributed by atoms with E-state index in [4.69, 9.17) is 14.9 Å². The van der Waals surface area contributed by atoms with Gasteiger partial charge in [-0.25, -0.2) is 0 Å². The van der Waals surface area contributed by atoms with Gasteiger partial charge in [0.2, 0.25) is 0 Å². The molecule has 0 fully saturated rings. The zero-order valence-corrected chi connectivity index (χ0v) is 10.5. The molecule has 0 radical (unpaired) electrons. The summed E-state index contributed by atoms with van der Waals surface area (Å²) < 4.78 is 5.50. The van der Waals surface area contributed by atoms with E-state index in [0.29, 0.717) is 13.0 Å². The van der Waals surface area contributed by atoms with Gasteiger partial charge in [-0.05, 0) is 43.4 Å². The molecule has 0 aliphatic rings. The van der Waals surface area contributed by atoms with Crippen LogP contribution in [-0.2, 0) is 11.2 Å². The Kier molecular flexibility index (Phi) is 6.87. The molecular weight excluding hydrogens is 232 g/mol. The molecule has 0 heterocycles. The van der Waals surface area contributed by atoms with E-state index in [-0.39, 0.29) is 13.0 Å². The lowest BCUT2D eigenvalue weighted by Crippen LogP contribution is -1.99. The van der Waals surface area contributed by atoms with Crippen LogP contribution in [0.1, 0.15) is 31.2 Å². The predicted molar refractivity (Wildman–Crippen MR) is 68.8 cm³/mol. The van der Waals surface area contributed by atoms with Gasteiger partial charge < -0.3 is 14.9 Å². The normalized spacial score (nSPS) is 10.3. The molecule has 1 aromatic rings. The SMILES string of the molecule is O=C(O)CCCc1ccc(OCCCCO)cc1. The number of carboxylic acid groups (broad SMARTS) is 1. The van der Waals surface area contributed by atoms with Crippen LogP contribution < -0.4 is 4.74 Å². The van der Waals surface area contributed by atoms with Crippen molar-refractivity contribution in [3.05, 3.63) is 29.8 Å². The first-order chi connectivity index (χ1) is 8.72. The van der Waals surface area contributed by atoms with E-state index >= 15 is 0 Å². The van der Waals surface area contributed by atoms with Crippen molar-refractivity contribution in [2.45, 2.75) is 32.1 Å². The van der Waals surface area contributed by atoms with E-state index in [9.17, 15) is 4.79 Å². The maximum atomic E-state index is 10.4. The summed E-state index contributed by atoms with van der Waals surface area (Å²) >= 11 is 0. The first kappa shape index (κ1) is 14.5. The van der Waals surface area contributed by atoms with Crippen molar-refractivity contribution in [3.8, 4) is 5.75 Å². The molecule has 0 aliphatic heterocycles. The third-order valence-corrected chi connectivity index (χ3v) is 2.60. The Hall–Kier alpha value is -1.55. The molecule has 100 valence electrons. The van der Waals surface area contributed by atoms with Crippen LogP contribution in [-0.4, -0.2) is 29.4 Å². The van der Waals surface area contributed by atoms with Crippen molar-refractivity contribution in [1.29, 1.82) is 0 Å². The van der Waals surface area contributed by atoms with Crippen molar-refractivity contribution in [2.24, 2.45) is 0 Å². The van der Waals surface area contributed by atoms with Crippen molar-refractivity contribution < 1.29 is 19.7 Å². The number of aliphatic hydroxyl groups is 1. The lowest BCUT2D eigenvalue weighted by molar-refractivity contribution is -0.137. The van der Waals surface area contributed by atoms with Crippen LogP contribution in [0.5, 0.6) is 5.75 Å². The van der Waals surface area contributed by atoms with Gasteiger partial charge >= 0.3 is 5.97 Å². The second kappa shape index (κ2) is 8.53. The molecule has 0 atom stereocenters. The van der Waals surface area contributed by atoms with Gasteiger partial charge in [-0.3, -0.25) is 4.79 Å². The van der Waals surface area contributed by atoms with E-state index in [2.05, 4.69) is 0 Å². The summed E-state index contributed by atoms with van der Waals surface area (Å²) in [6, 6.07) is 7.72. The minimum absolute atomic E-state index is 0.200. The van der Waals surface area contributed by atoms with Gasteiger partial charge in [0.25, 0.3) is 0 Å². The maximum Gasteiger partial charge on any atom is 0.303 e. The number of rotatable bonds is 9. The number of hydrogen-bond donors (Lipinski definition) is 2. The molecule has 1 rings (SSSR count). The van der Waals surface area contributed by atoms with Crippen molar-refractivity contribution in [1.82, 2.24) is 0 Å². The minimum atomic E-state index is -0.751. The van der Waals surface area contributed by atoms with Crippen molar-refractivity contribution >= 4 is 5.97 Å². The molecule has 0 saturated heterocycles. The first-order valence-corrected chi connectivity index (χ1v) is 6.27. The summed E-state index contributed by atoms with van der Waals surface area (Å²) in [4.78, 5) is 10.4. The molecule has 18 heavy (non-hydrogen) atoms. The molecule has 0 spiro atoms. The van der Waals surface area contributed by atoms with Crippen LogP contribution in [0.25, 0.3) is 0 Å². The third kappa shape index (κ3) is 6.25. The van der Waals surface area contributed by atoms with Crippen LogP contribution in [0, 0.1) is 0 Å². The molecule has 1 aromatic carbocycles. The average Bonchev–Trinajstić information content (AvgIpc) is 2.36. The number of benzene rings is 1. The number of carbonyl (C=O) groups is 1. The molecule has 0 aliphatic carbocycles. The zero-order chi connectivity index (χ0) is 13.2. The molecule has 4 heteroatoms. The highest BCUT2D eigenvalue weighted by molar-refractivity contribution is 5.66. The first-order valence-electron chi connectivity index (χ1n) is 6.27. The molecule has 4 nitrogen and oxygen atoms in total. The summed E-state index contributed by atoms with van der Waals surface area (Å²) in [6.07, 6.45) is 3.24. The topological polar surface area (TPSA) is 66.8 Å². The summed E-state index contributed by atoms with van der Waals surface area (Å²) in [7, 11) is 0. The van der Waals surface area contributed by atoms with Gasteiger partial charge in [-0.15, -0.1) is 0 Å². The zero-order valence-electron chi connectivity index (χ0n) is 10.5. The van der Waals surface area contributed by atoms with Crippen LogP contribution in [0.3, 0.4) is 0 Å². The summed E-state index contributed by atoms with van der Waals surface area (Å²) in [6.45, 7) is 0.810. The van der Waals surface area contributed by atoms with E-state index in [1.54, 1.807) is 0 Å². The fraction of sp³-hybridized carbons (Fsp3) is 0.500. The highest BCUT2D eigenvalue weighted by Crippen LogP contribution is 2.14. The van der Waals surface area contributed by atoms with Gasteiger partial charge in [0.15, 0.2) is 0 Å². The molecule has 0 amide bonds. The standard InChI is InChI=1S/C14H20O4/c15-10-1-2-11-18-13-8-6-12(7-9-13)4-3-5-14(16)17/h6-9,15H,1-5,10-11H2,(H,16,17). The second-order valence-electron chi connectivity index (χ2n) is 4.17. The quantitative estimate of drug-likeness (QED) is 0.661. The van der Waals surface area contributed by atoms with E-state index in [1.807, 2.05) is 24.3 Å². The number of unbranched alkanes of at least 4 members (excludes halogenated alkanes) is 1. The molecule has 0 unspecified atom stereocenters. The van der Waals surface area contributed by atoms with Crippen LogP contribution in [0.15, 0.2) is 24.3 Å². The number of ether oxygens (including phenoxy) is 1.